The maximum Gasteiger partial charge on any atom is 0.323 e. The van der Waals surface area contributed by atoms with E-state index in [0.29, 0.717) is 23.6 Å². The fraction of sp³-hybridized carbons (Fsp3) is 0.333. The molecule has 1 aliphatic rings. The Kier molecular flexibility index (Phi) is 3.36. The third-order valence-electron chi connectivity index (χ3n) is 2.62. The number of hydrogen-bond donors (Lipinski definition) is 1. The minimum absolute atomic E-state index is 0.0741. The molecule has 0 saturated carbocycles. The molecule has 0 saturated heterocycles. The smallest absolute Gasteiger partial charge is 0.323 e. The number of fused-ring (bicyclic) bond motifs is 1. The zero-order valence-electron chi connectivity index (χ0n) is 9.88. The number of ether oxygens (including phenoxy) is 2. The molecule has 1 aromatic carbocycles. The Labute approximate surface area is 104 Å². The van der Waals surface area contributed by atoms with Gasteiger partial charge in [-0.3, -0.25) is 9.59 Å². The molecule has 0 fully saturated rings. The molecule has 6 nitrogen and oxygen atoms in total. The van der Waals surface area contributed by atoms with E-state index in [0.717, 1.165) is 0 Å². The number of carboxylic acids is 1. The monoisotopic (exact) mass is 251 g/mol. The van der Waals surface area contributed by atoms with Crippen molar-refractivity contribution in [3.05, 3.63) is 23.8 Å². The number of para-hydroxylation sites is 1. The third-order valence-corrected chi connectivity index (χ3v) is 2.62. The fourth-order valence-electron chi connectivity index (χ4n) is 1.76. The molecule has 6 heteroatoms. The Morgan fingerprint density at radius 3 is 2.83 bits per heavy atom. The van der Waals surface area contributed by atoms with E-state index in [2.05, 4.69) is 0 Å². The molecule has 1 N–H and O–H groups in total. The minimum Gasteiger partial charge on any atom is -0.480 e. The normalized spacial score (nSPS) is 12.3. The van der Waals surface area contributed by atoms with Crippen LogP contribution in [0.3, 0.4) is 0 Å². The molecule has 0 atom stereocenters. The van der Waals surface area contributed by atoms with Crippen molar-refractivity contribution in [3.8, 4) is 11.5 Å². The third kappa shape index (κ3) is 2.22. The van der Waals surface area contributed by atoms with Gasteiger partial charge in [0.1, 0.15) is 6.54 Å². The van der Waals surface area contributed by atoms with Crippen LogP contribution in [0.15, 0.2) is 18.2 Å². The topological polar surface area (TPSA) is 76.1 Å². The van der Waals surface area contributed by atoms with Gasteiger partial charge in [0.05, 0.1) is 5.56 Å². The summed E-state index contributed by atoms with van der Waals surface area (Å²) >= 11 is 0. The van der Waals surface area contributed by atoms with E-state index in [1.165, 1.54) is 4.90 Å². The molecule has 1 aromatic rings. The Morgan fingerprint density at radius 1 is 1.39 bits per heavy atom. The van der Waals surface area contributed by atoms with Crippen LogP contribution in [0, 0.1) is 0 Å². The van der Waals surface area contributed by atoms with Gasteiger partial charge in [0.25, 0.3) is 5.91 Å². The number of carbonyl (C=O) groups excluding carboxylic acids is 1. The molecule has 96 valence electrons. The molecular formula is C12H13NO5. The van der Waals surface area contributed by atoms with Crippen LogP contribution in [0.4, 0.5) is 0 Å². The van der Waals surface area contributed by atoms with Crippen molar-refractivity contribution in [3.63, 3.8) is 0 Å². The van der Waals surface area contributed by atoms with Crippen molar-refractivity contribution in [1.82, 2.24) is 4.90 Å². The van der Waals surface area contributed by atoms with Crippen LogP contribution in [0.25, 0.3) is 0 Å². The van der Waals surface area contributed by atoms with Gasteiger partial charge in [0.15, 0.2) is 11.5 Å². The maximum absolute atomic E-state index is 12.2. The van der Waals surface area contributed by atoms with Crippen LogP contribution in [-0.2, 0) is 4.79 Å². The predicted octanol–water partition coefficient (Wildman–Crippen LogP) is 0.962. The van der Waals surface area contributed by atoms with Crippen LogP contribution < -0.4 is 9.47 Å². The first kappa shape index (κ1) is 12.2. The van der Waals surface area contributed by atoms with Crippen molar-refractivity contribution in [2.45, 2.75) is 6.92 Å². The van der Waals surface area contributed by atoms with Gasteiger partial charge in [-0.1, -0.05) is 6.07 Å². The second-order valence-electron chi connectivity index (χ2n) is 3.75. The van der Waals surface area contributed by atoms with Crippen molar-refractivity contribution in [2.24, 2.45) is 0 Å². The number of likely N-dealkylation sites (N-methyl/N-ethyl adjacent to an activating group) is 1. The molecule has 0 aliphatic carbocycles. The summed E-state index contributed by atoms with van der Waals surface area (Å²) in [4.78, 5) is 24.1. The molecule has 0 spiro atoms. The first-order chi connectivity index (χ1) is 8.63. The van der Waals surface area contributed by atoms with E-state index in [9.17, 15) is 9.59 Å². The highest BCUT2D eigenvalue weighted by Crippen LogP contribution is 2.35. The van der Waals surface area contributed by atoms with Gasteiger partial charge in [-0.25, -0.2) is 0 Å². The predicted molar refractivity (Wildman–Crippen MR) is 61.8 cm³/mol. The Bertz CT molecular complexity index is 485. The maximum atomic E-state index is 12.2. The Hall–Kier alpha value is -2.24. The number of carboxylic acid groups (broad SMARTS) is 1. The quantitative estimate of drug-likeness (QED) is 0.862. The molecule has 18 heavy (non-hydrogen) atoms. The van der Waals surface area contributed by atoms with E-state index in [-0.39, 0.29) is 19.2 Å². The van der Waals surface area contributed by atoms with E-state index >= 15 is 0 Å². The molecular weight excluding hydrogens is 238 g/mol. The number of aliphatic carboxylic acids is 1. The summed E-state index contributed by atoms with van der Waals surface area (Å²) < 4.78 is 10.4. The zero-order valence-corrected chi connectivity index (χ0v) is 9.88. The fourth-order valence-corrected chi connectivity index (χ4v) is 1.76. The molecule has 2 rings (SSSR count). The van der Waals surface area contributed by atoms with Crippen LogP contribution in [0.5, 0.6) is 11.5 Å². The molecule has 0 bridgehead atoms. The van der Waals surface area contributed by atoms with E-state index in [1.807, 2.05) is 0 Å². The van der Waals surface area contributed by atoms with Crippen LogP contribution >= 0.6 is 0 Å². The number of hydrogen-bond acceptors (Lipinski definition) is 4. The summed E-state index contributed by atoms with van der Waals surface area (Å²) in [6.45, 7) is 1.78. The molecule has 0 aromatic heterocycles. The molecule has 1 aliphatic heterocycles. The molecule has 0 radical (unpaired) electrons. The van der Waals surface area contributed by atoms with Crippen molar-refractivity contribution >= 4 is 11.9 Å². The first-order valence-electron chi connectivity index (χ1n) is 5.53. The Balaban J connectivity index is 2.28. The van der Waals surface area contributed by atoms with Gasteiger partial charge in [-0.2, -0.15) is 0 Å². The average molecular weight is 251 g/mol. The lowest BCUT2D eigenvalue weighted by Crippen LogP contribution is -2.35. The van der Waals surface area contributed by atoms with Crippen molar-refractivity contribution in [2.75, 3.05) is 19.9 Å². The van der Waals surface area contributed by atoms with Gasteiger partial charge >= 0.3 is 5.97 Å². The highest BCUT2D eigenvalue weighted by Gasteiger charge is 2.25. The van der Waals surface area contributed by atoms with Gasteiger partial charge < -0.3 is 19.5 Å². The van der Waals surface area contributed by atoms with Crippen molar-refractivity contribution in [1.29, 1.82) is 0 Å². The van der Waals surface area contributed by atoms with Crippen molar-refractivity contribution < 1.29 is 24.2 Å². The van der Waals surface area contributed by atoms with Gasteiger partial charge in [-0.15, -0.1) is 0 Å². The molecule has 1 amide bonds. The van der Waals surface area contributed by atoms with Gasteiger partial charge in [0, 0.05) is 6.54 Å². The number of amides is 1. The largest absolute Gasteiger partial charge is 0.480 e. The summed E-state index contributed by atoms with van der Waals surface area (Å²) in [6.07, 6.45) is 0. The lowest BCUT2D eigenvalue weighted by Gasteiger charge is -2.19. The summed E-state index contributed by atoms with van der Waals surface area (Å²) in [5.41, 5.74) is 0.327. The van der Waals surface area contributed by atoms with Crippen LogP contribution in [0.1, 0.15) is 17.3 Å². The second kappa shape index (κ2) is 4.95. The van der Waals surface area contributed by atoms with E-state index < -0.39 is 5.97 Å². The minimum atomic E-state index is -1.05. The van der Waals surface area contributed by atoms with E-state index in [1.54, 1.807) is 25.1 Å². The standard InChI is InChI=1S/C12H13NO5/c1-2-13(6-10(14)15)12(16)8-4-3-5-9-11(8)18-7-17-9/h3-5H,2,6-7H2,1H3,(H,14,15). The van der Waals surface area contributed by atoms with Crippen LogP contribution in [0.2, 0.25) is 0 Å². The summed E-state index contributed by atoms with van der Waals surface area (Å²) in [7, 11) is 0. The lowest BCUT2D eigenvalue weighted by atomic mass is 10.1. The average Bonchev–Trinajstić information content (AvgIpc) is 2.82. The number of nitrogens with zero attached hydrogens (tertiary/aromatic N) is 1. The number of rotatable bonds is 4. The lowest BCUT2D eigenvalue weighted by molar-refractivity contribution is -0.137. The molecule has 0 unspecified atom stereocenters. The number of benzene rings is 1. The van der Waals surface area contributed by atoms with Gasteiger partial charge in [-0.05, 0) is 19.1 Å². The zero-order chi connectivity index (χ0) is 13.1. The summed E-state index contributed by atoms with van der Waals surface area (Å²) in [6, 6.07) is 4.97. The summed E-state index contributed by atoms with van der Waals surface area (Å²) in [5.74, 6) is -0.532. The second-order valence-corrected chi connectivity index (χ2v) is 3.75. The first-order valence-corrected chi connectivity index (χ1v) is 5.53. The Morgan fingerprint density at radius 2 is 2.17 bits per heavy atom. The SMILES string of the molecule is CCN(CC(=O)O)C(=O)c1cccc2c1OCO2. The van der Waals surface area contributed by atoms with E-state index in [4.69, 9.17) is 14.6 Å². The van der Waals surface area contributed by atoms with Gasteiger partial charge in [0.2, 0.25) is 6.79 Å². The highest BCUT2D eigenvalue weighted by atomic mass is 16.7. The number of carbonyl (C=O) groups is 2. The highest BCUT2D eigenvalue weighted by molar-refractivity contribution is 5.99. The van der Waals surface area contributed by atoms with Crippen LogP contribution in [-0.4, -0.2) is 41.8 Å². The molecule has 1 heterocycles. The summed E-state index contributed by atoms with van der Waals surface area (Å²) in [5, 5.41) is 8.75.